The van der Waals surface area contributed by atoms with E-state index in [-0.39, 0.29) is 12.0 Å². The smallest absolute Gasteiger partial charge is 0.218 e. The van der Waals surface area contributed by atoms with Crippen LogP contribution in [0.1, 0.15) is 12.8 Å². The predicted molar refractivity (Wildman–Crippen MR) is 58.4 cm³/mol. The maximum absolute atomic E-state index is 10.7. The van der Waals surface area contributed by atoms with Crippen LogP contribution in [0.5, 0.6) is 0 Å². The van der Waals surface area contributed by atoms with Crippen LogP contribution in [0.15, 0.2) is 0 Å². The molecule has 2 atom stereocenters. The lowest BCUT2D eigenvalue weighted by Gasteiger charge is -2.26. The van der Waals surface area contributed by atoms with Gasteiger partial charge >= 0.3 is 0 Å². The van der Waals surface area contributed by atoms with Crippen molar-refractivity contribution < 1.29 is 9.90 Å². The van der Waals surface area contributed by atoms with E-state index < -0.39 is 0 Å². The number of hydrogen-bond donors (Lipinski definition) is 2. The topological polar surface area (TPSA) is 69.8 Å². The summed E-state index contributed by atoms with van der Waals surface area (Å²) < 4.78 is 0. The Morgan fingerprint density at radius 2 is 2.27 bits per heavy atom. The van der Waals surface area contributed by atoms with Gasteiger partial charge in [0.15, 0.2) is 0 Å². The first-order valence-electron chi connectivity index (χ1n) is 5.34. The molecule has 0 aromatic rings. The van der Waals surface area contributed by atoms with Gasteiger partial charge in [-0.3, -0.25) is 9.69 Å². The fraction of sp³-hybridized carbons (Fsp3) is 0.900. The highest BCUT2D eigenvalue weighted by Gasteiger charge is 2.30. The molecule has 0 aliphatic carbocycles. The molecule has 5 heteroatoms. The number of carbonyl (C=O) groups is 1. The summed E-state index contributed by atoms with van der Waals surface area (Å²) in [5, 5.41) is 9.57. The van der Waals surface area contributed by atoms with Crippen molar-refractivity contribution in [1.82, 2.24) is 9.80 Å². The Morgan fingerprint density at radius 3 is 2.80 bits per heavy atom. The average Bonchev–Trinajstić information content (AvgIpc) is 2.41. The number of likely N-dealkylation sites (N-methyl/N-ethyl adjacent to an activating group) is 1. The zero-order valence-electron chi connectivity index (χ0n) is 9.52. The maximum Gasteiger partial charge on any atom is 0.218 e. The largest absolute Gasteiger partial charge is 0.392 e. The highest BCUT2D eigenvalue weighted by molar-refractivity contribution is 5.73. The van der Waals surface area contributed by atoms with Gasteiger partial charge in [-0.05, 0) is 20.5 Å². The van der Waals surface area contributed by atoms with E-state index in [2.05, 4.69) is 9.80 Å². The van der Waals surface area contributed by atoms with Crippen LogP contribution in [-0.4, -0.2) is 66.7 Å². The summed E-state index contributed by atoms with van der Waals surface area (Å²) in [5.74, 6) is -0.278. The summed E-state index contributed by atoms with van der Waals surface area (Å²) in [6.07, 6.45) is 0.899. The van der Waals surface area contributed by atoms with Gasteiger partial charge in [-0.25, -0.2) is 0 Å². The maximum atomic E-state index is 10.7. The molecule has 1 rings (SSSR count). The summed E-state index contributed by atoms with van der Waals surface area (Å²) in [5.41, 5.74) is 5.11. The number of aliphatic hydroxyl groups is 1. The Kier molecular flexibility index (Phi) is 4.50. The molecule has 0 radical (unpaired) electrons. The first-order chi connectivity index (χ1) is 6.99. The standard InChI is InChI=1S/C10H21N3O2/c1-12(2)6-8-5-9(14)7-13(8)4-3-10(11)15/h8-9,14H,3-7H2,1-2H3,(H2,11,15). The summed E-state index contributed by atoms with van der Waals surface area (Å²) >= 11 is 0. The Labute approximate surface area is 90.8 Å². The molecule has 88 valence electrons. The van der Waals surface area contributed by atoms with Crippen molar-refractivity contribution in [3.05, 3.63) is 0 Å². The van der Waals surface area contributed by atoms with Crippen molar-refractivity contribution in [3.8, 4) is 0 Å². The Bertz CT molecular complexity index is 221. The molecule has 0 saturated carbocycles. The van der Waals surface area contributed by atoms with Gasteiger partial charge in [-0.2, -0.15) is 0 Å². The Balaban J connectivity index is 2.41. The first kappa shape index (κ1) is 12.4. The third kappa shape index (κ3) is 4.15. The molecule has 1 amide bonds. The second-order valence-corrected chi connectivity index (χ2v) is 4.52. The van der Waals surface area contributed by atoms with Crippen molar-refractivity contribution in [1.29, 1.82) is 0 Å². The van der Waals surface area contributed by atoms with Crippen molar-refractivity contribution in [2.45, 2.75) is 25.0 Å². The molecular weight excluding hydrogens is 194 g/mol. The van der Waals surface area contributed by atoms with Gasteiger partial charge in [-0.1, -0.05) is 0 Å². The van der Waals surface area contributed by atoms with E-state index in [1.165, 1.54) is 0 Å². The quantitative estimate of drug-likeness (QED) is 0.608. The number of primary amides is 1. The van der Waals surface area contributed by atoms with Crippen LogP contribution in [0.4, 0.5) is 0 Å². The third-order valence-electron chi connectivity index (χ3n) is 2.73. The molecule has 2 unspecified atom stereocenters. The normalized spacial score (nSPS) is 27.5. The Morgan fingerprint density at radius 1 is 1.60 bits per heavy atom. The lowest BCUT2D eigenvalue weighted by Crippen LogP contribution is -2.39. The van der Waals surface area contributed by atoms with Crippen LogP contribution < -0.4 is 5.73 Å². The van der Waals surface area contributed by atoms with Gasteiger partial charge in [0.1, 0.15) is 0 Å². The van der Waals surface area contributed by atoms with Gasteiger partial charge in [0, 0.05) is 32.1 Å². The van der Waals surface area contributed by atoms with E-state index in [0.29, 0.717) is 25.6 Å². The lowest BCUT2D eigenvalue weighted by molar-refractivity contribution is -0.118. The number of nitrogens with zero attached hydrogens (tertiary/aromatic N) is 2. The van der Waals surface area contributed by atoms with Crippen LogP contribution >= 0.6 is 0 Å². The lowest BCUT2D eigenvalue weighted by atomic mass is 10.2. The summed E-state index contributed by atoms with van der Waals surface area (Å²) in [7, 11) is 4.02. The molecule has 1 aliphatic rings. The van der Waals surface area contributed by atoms with Gasteiger partial charge in [0.25, 0.3) is 0 Å². The fourth-order valence-corrected chi connectivity index (χ4v) is 2.10. The van der Waals surface area contributed by atoms with Gasteiger partial charge in [-0.15, -0.1) is 0 Å². The fourth-order valence-electron chi connectivity index (χ4n) is 2.10. The summed E-state index contributed by atoms with van der Waals surface area (Å²) in [4.78, 5) is 14.9. The third-order valence-corrected chi connectivity index (χ3v) is 2.73. The molecule has 0 spiro atoms. The zero-order chi connectivity index (χ0) is 11.4. The van der Waals surface area contributed by atoms with Crippen molar-refractivity contribution in [2.75, 3.05) is 33.7 Å². The SMILES string of the molecule is CN(C)CC1CC(O)CN1CCC(N)=O. The molecule has 1 saturated heterocycles. The number of carbonyl (C=O) groups excluding carboxylic acids is 1. The molecule has 1 aliphatic heterocycles. The van der Waals surface area contributed by atoms with Crippen molar-refractivity contribution >= 4 is 5.91 Å². The Hall–Kier alpha value is -0.650. The first-order valence-corrected chi connectivity index (χ1v) is 5.34. The average molecular weight is 215 g/mol. The number of hydrogen-bond acceptors (Lipinski definition) is 4. The molecular formula is C10H21N3O2. The van der Waals surface area contributed by atoms with E-state index in [0.717, 1.165) is 13.0 Å². The molecule has 5 nitrogen and oxygen atoms in total. The number of β-amino-alcohol motifs (C(OH)–C–C–N with tert-alkyl or cyclic N) is 1. The minimum atomic E-state index is -0.278. The predicted octanol–water partition coefficient (Wildman–Crippen LogP) is -1.14. The van der Waals surface area contributed by atoms with E-state index >= 15 is 0 Å². The van der Waals surface area contributed by atoms with E-state index in [1.54, 1.807) is 0 Å². The number of rotatable bonds is 5. The highest BCUT2D eigenvalue weighted by atomic mass is 16.3. The second kappa shape index (κ2) is 5.44. The van der Waals surface area contributed by atoms with Gasteiger partial charge in [0.2, 0.25) is 5.91 Å². The molecule has 0 aromatic carbocycles. The number of likely N-dealkylation sites (tertiary alicyclic amines) is 1. The molecule has 1 fully saturated rings. The summed E-state index contributed by atoms with van der Waals surface area (Å²) in [6, 6.07) is 0.342. The van der Waals surface area contributed by atoms with E-state index in [9.17, 15) is 9.90 Å². The van der Waals surface area contributed by atoms with Crippen LogP contribution in [0, 0.1) is 0 Å². The van der Waals surface area contributed by atoms with Crippen LogP contribution in [0.2, 0.25) is 0 Å². The molecule has 3 N–H and O–H groups in total. The molecule has 1 heterocycles. The number of nitrogens with two attached hydrogens (primary N) is 1. The van der Waals surface area contributed by atoms with Crippen LogP contribution in [-0.2, 0) is 4.79 Å². The molecule has 0 aromatic heterocycles. The molecule has 15 heavy (non-hydrogen) atoms. The van der Waals surface area contributed by atoms with Crippen LogP contribution in [0.3, 0.4) is 0 Å². The van der Waals surface area contributed by atoms with Gasteiger partial charge in [0.05, 0.1) is 6.10 Å². The van der Waals surface area contributed by atoms with Crippen molar-refractivity contribution in [2.24, 2.45) is 5.73 Å². The minimum Gasteiger partial charge on any atom is -0.392 e. The molecule has 0 bridgehead atoms. The highest BCUT2D eigenvalue weighted by Crippen LogP contribution is 2.18. The van der Waals surface area contributed by atoms with Crippen LogP contribution in [0.25, 0.3) is 0 Å². The second-order valence-electron chi connectivity index (χ2n) is 4.52. The van der Waals surface area contributed by atoms with E-state index in [1.807, 2.05) is 14.1 Å². The van der Waals surface area contributed by atoms with Crippen molar-refractivity contribution in [3.63, 3.8) is 0 Å². The zero-order valence-corrected chi connectivity index (χ0v) is 9.52. The monoisotopic (exact) mass is 215 g/mol. The summed E-state index contributed by atoms with van der Waals surface area (Å²) in [6.45, 7) is 2.23. The van der Waals surface area contributed by atoms with Gasteiger partial charge < -0.3 is 15.7 Å². The number of amides is 1. The van der Waals surface area contributed by atoms with E-state index in [4.69, 9.17) is 5.73 Å². The number of aliphatic hydroxyl groups excluding tert-OH is 1. The minimum absolute atomic E-state index is 0.261.